The fraction of sp³-hybridized carbons (Fsp3) is 0.688. The Morgan fingerprint density at radius 1 is 1.10 bits per heavy atom. The first-order valence-corrected chi connectivity index (χ1v) is 7.65. The minimum atomic E-state index is 0.684. The van der Waals surface area contributed by atoms with Crippen LogP contribution in [0, 0.1) is 6.92 Å². The van der Waals surface area contributed by atoms with Gasteiger partial charge in [-0.25, -0.2) is 0 Å². The minimum absolute atomic E-state index is 0.684. The molecule has 4 nitrogen and oxygen atoms in total. The second-order valence-corrected chi connectivity index (χ2v) is 4.75. The highest BCUT2D eigenvalue weighted by atomic mass is 16.5. The molecular formula is C16H28N2O2. The Kier molecular flexibility index (Phi) is 9.00. The van der Waals surface area contributed by atoms with Gasteiger partial charge in [0.05, 0.1) is 5.69 Å². The van der Waals surface area contributed by atoms with Gasteiger partial charge >= 0.3 is 0 Å². The molecule has 1 N–H and O–H groups in total. The summed E-state index contributed by atoms with van der Waals surface area (Å²) in [4.78, 5) is 4.49. The molecule has 0 saturated carbocycles. The van der Waals surface area contributed by atoms with Gasteiger partial charge in [-0.15, -0.1) is 0 Å². The van der Waals surface area contributed by atoms with Crippen molar-refractivity contribution in [3.8, 4) is 5.75 Å². The summed E-state index contributed by atoms with van der Waals surface area (Å²) in [6.45, 7) is 10.4. The lowest BCUT2D eigenvalue weighted by molar-refractivity contribution is 0.143. The molecule has 0 aliphatic carbocycles. The molecule has 0 bridgehead atoms. The Hall–Kier alpha value is -1.13. The number of ether oxygens (including phenoxy) is 2. The minimum Gasteiger partial charge on any atom is -0.490 e. The quantitative estimate of drug-likeness (QED) is 0.633. The number of hydrogen-bond acceptors (Lipinski definition) is 4. The molecule has 0 atom stereocenters. The van der Waals surface area contributed by atoms with Crippen molar-refractivity contribution in [3.05, 3.63) is 23.5 Å². The second-order valence-electron chi connectivity index (χ2n) is 4.75. The molecule has 1 rings (SSSR count). The highest BCUT2D eigenvalue weighted by Crippen LogP contribution is 2.16. The third-order valence-corrected chi connectivity index (χ3v) is 3.04. The molecule has 1 aromatic heterocycles. The summed E-state index contributed by atoms with van der Waals surface area (Å²) in [5.74, 6) is 0.913. The van der Waals surface area contributed by atoms with Crippen molar-refractivity contribution in [2.45, 2.75) is 40.0 Å². The van der Waals surface area contributed by atoms with Crippen molar-refractivity contribution >= 4 is 0 Å². The van der Waals surface area contributed by atoms with Gasteiger partial charge in [-0.2, -0.15) is 0 Å². The van der Waals surface area contributed by atoms with E-state index in [9.17, 15) is 0 Å². The van der Waals surface area contributed by atoms with Crippen molar-refractivity contribution in [2.24, 2.45) is 0 Å². The normalized spacial score (nSPS) is 10.8. The van der Waals surface area contributed by atoms with Crippen LogP contribution in [0.4, 0.5) is 0 Å². The number of pyridine rings is 1. The number of aromatic nitrogens is 1. The predicted octanol–water partition coefficient (Wildman–Crippen LogP) is 2.74. The lowest BCUT2D eigenvalue weighted by atomic mass is 10.2. The van der Waals surface area contributed by atoms with Crippen molar-refractivity contribution in [3.63, 3.8) is 0 Å². The van der Waals surface area contributed by atoms with Gasteiger partial charge in [0.1, 0.15) is 12.4 Å². The molecule has 0 saturated heterocycles. The van der Waals surface area contributed by atoms with Crippen LogP contribution >= 0.6 is 0 Å². The zero-order valence-electron chi connectivity index (χ0n) is 13.1. The highest BCUT2D eigenvalue weighted by Gasteiger charge is 2.03. The van der Waals surface area contributed by atoms with E-state index < -0.39 is 0 Å². The van der Waals surface area contributed by atoms with Gasteiger partial charge in [0.25, 0.3) is 0 Å². The maximum absolute atomic E-state index is 5.78. The van der Waals surface area contributed by atoms with Gasteiger partial charge in [-0.05, 0) is 51.8 Å². The highest BCUT2D eigenvalue weighted by molar-refractivity contribution is 5.29. The fourth-order valence-electron chi connectivity index (χ4n) is 1.94. The number of nitrogens with zero attached hydrogens (tertiary/aromatic N) is 1. The third-order valence-electron chi connectivity index (χ3n) is 3.04. The summed E-state index contributed by atoms with van der Waals surface area (Å²) >= 11 is 0. The zero-order chi connectivity index (χ0) is 14.6. The number of aryl methyl sites for hydroxylation is 2. The smallest absolute Gasteiger partial charge is 0.140 e. The van der Waals surface area contributed by atoms with Crippen LogP contribution in [0.3, 0.4) is 0 Å². The second kappa shape index (κ2) is 10.6. The van der Waals surface area contributed by atoms with E-state index >= 15 is 0 Å². The van der Waals surface area contributed by atoms with Crippen LogP contribution in [0.5, 0.6) is 5.75 Å². The molecule has 114 valence electrons. The summed E-state index contributed by atoms with van der Waals surface area (Å²) in [6, 6.07) is 4.01. The first-order chi connectivity index (χ1) is 9.77. The van der Waals surface area contributed by atoms with E-state index in [4.69, 9.17) is 9.47 Å². The molecule has 20 heavy (non-hydrogen) atoms. The van der Waals surface area contributed by atoms with Crippen LogP contribution in [-0.4, -0.2) is 37.9 Å². The Morgan fingerprint density at radius 2 is 1.95 bits per heavy atom. The van der Waals surface area contributed by atoms with E-state index in [2.05, 4.69) is 17.2 Å². The lowest BCUT2D eigenvalue weighted by Gasteiger charge is -2.11. The average molecular weight is 280 g/mol. The SMILES string of the molecule is CCOCCCCNCCOc1ccc(C)nc1CC. The summed E-state index contributed by atoms with van der Waals surface area (Å²) in [5.41, 5.74) is 2.09. The van der Waals surface area contributed by atoms with E-state index in [1.165, 1.54) is 0 Å². The van der Waals surface area contributed by atoms with Crippen LogP contribution in [0.1, 0.15) is 38.1 Å². The van der Waals surface area contributed by atoms with Gasteiger partial charge in [-0.1, -0.05) is 6.92 Å². The van der Waals surface area contributed by atoms with Crippen LogP contribution in [0.15, 0.2) is 12.1 Å². The Bertz CT molecular complexity index is 369. The molecule has 4 heteroatoms. The van der Waals surface area contributed by atoms with Crippen molar-refractivity contribution in [1.29, 1.82) is 0 Å². The molecule has 0 amide bonds. The van der Waals surface area contributed by atoms with Gasteiger partial charge < -0.3 is 14.8 Å². The van der Waals surface area contributed by atoms with Crippen molar-refractivity contribution in [1.82, 2.24) is 10.3 Å². The van der Waals surface area contributed by atoms with Gasteiger partial charge in [0.15, 0.2) is 0 Å². The maximum atomic E-state index is 5.78. The third kappa shape index (κ3) is 6.87. The predicted molar refractivity (Wildman–Crippen MR) is 82.4 cm³/mol. The first-order valence-electron chi connectivity index (χ1n) is 7.65. The molecule has 0 radical (unpaired) electrons. The standard InChI is InChI=1S/C16H28N2O2/c1-4-15-16(9-8-14(3)18-15)20-13-11-17-10-6-7-12-19-5-2/h8-9,17H,4-7,10-13H2,1-3H3. The van der Waals surface area contributed by atoms with Crippen LogP contribution in [-0.2, 0) is 11.2 Å². The topological polar surface area (TPSA) is 43.4 Å². The maximum Gasteiger partial charge on any atom is 0.140 e. The molecular weight excluding hydrogens is 252 g/mol. The Balaban J connectivity index is 2.09. The molecule has 1 heterocycles. The van der Waals surface area contributed by atoms with E-state index in [-0.39, 0.29) is 0 Å². The van der Waals surface area contributed by atoms with Crippen LogP contribution in [0.25, 0.3) is 0 Å². The first kappa shape index (κ1) is 16.9. The largest absolute Gasteiger partial charge is 0.490 e. The molecule has 1 aromatic rings. The molecule has 0 unspecified atom stereocenters. The average Bonchev–Trinajstić information content (AvgIpc) is 2.46. The molecule has 0 aromatic carbocycles. The monoisotopic (exact) mass is 280 g/mol. The number of hydrogen-bond donors (Lipinski definition) is 1. The van der Waals surface area contributed by atoms with Crippen LogP contribution in [0.2, 0.25) is 0 Å². The lowest BCUT2D eigenvalue weighted by Crippen LogP contribution is -2.22. The summed E-state index contributed by atoms with van der Waals surface area (Å²) in [6.07, 6.45) is 3.16. The zero-order valence-corrected chi connectivity index (χ0v) is 13.1. The summed E-state index contributed by atoms with van der Waals surface area (Å²) in [7, 11) is 0. The molecule has 0 aliphatic rings. The van der Waals surface area contributed by atoms with Gasteiger partial charge in [0, 0.05) is 25.5 Å². The number of nitrogens with one attached hydrogen (secondary N) is 1. The number of unbranched alkanes of at least 4 members (excludes halogenated alkanes) is 1. The molecule has 0 fully saturated rings. The van der Waals surface area contributed by atoms with Crippen molar-refractivity contribution in [2.75, 3.05) is 32.9 Å². The number of rotatable bonds is 11. The molecule has 0 aliphatic heterocycles. The van der Waals surface area contributed by atoms with E-state index in [1.807, 2.05) is 26.0 Å². The van der Waals surface area contributed by atoms with E-state index in [1.54, 1.807) is 0 Å². The van der Waals surface area contributed by atoms with E-state index in [0.29, 0.717) is 6.61 Å². The summed E-state index contributed by atoms with van der Waals surface area (Å²) in [5, 5.41) is 3.38. The van der Waals surface area contributed by atoms with Gasteiger partial charge in [0.2, 0.25) is 0 Å². The molecule has 0 spiro atoms. The van der Waals surface area contributed by atoms with Crippen molar-refractivity contribution < 1.29 is 9.47 Å². The van der Waals surface area contributed by atoms with Gasteiger partial charge in [-0.3, -0.25) is 4.98 Å². The summed E-state index contributed by atoms with van der Waals surface area (Å²) < 4.78 is 11.1. The Labute approximate surface area is 122 Å². The Morgan fingerprint density at radius 3 is 2.70 bits per heavy atom. The fourth-order valence-corrected chi connectivity index (χ4v) is 1.94. The van der Waals surface area contributed by atoms with E-state index in [0.717, 1.165) is 62.7 Å². The van der Waals surface area contributed by atoms with Crippen LogP contribution < -0.4 is 10.1 Å².